The van der Waals surface area contributed by atoms with E-state index >= 15 is 0 Å². The van der Waals surface area contributed by atoms with Crippen LogP contribution in [0.2, 0.25) is 0 Å². The first-order valence-electron chi connectivity index (χ1n) is 6.98. The van der Waals surface area contributed by atoms with Gasteiger partial charge in [0, 0.05) is 11.8 Å². The second-order valence-electron chi connectivity index (χ2n) is 5.21. The second kappa shape index (κ2) is 6.36. The lowest BCUT2D eigenvalue weighted by atomic mass is 10.0. The molecule has 0 unspecified atom stereocenters. The van der Waals surface area contributed by atoms with Crippen LogP contribution >= 0.6 is 0 Å². The van der Waals surface area contributed by atoms with Crippen molar-refractivity contribution in [2.45, 2.75) is 31.2 Å². The zero-order valence-corrected chi connectivity index (χ0v) is 13.6. The van der Waals surface area contributed by atoms with E-state index < -0.39 is 9.84 Å². The maximum absolute atomic E-state index is 12.2. The number of furan rings is 1. The largest absolute Gasteiger partial charge is 0.459 e. The van der Waals surface area contributed by atoms with Crippen LogP contribution in [-0.2, 0) is 9.84 Å². The molecule has 0 fully saturated rings. The van der Waals surface area contributed by atoms with Crippen molar-refractivity contribution in [1.29, 1.82) is 0 Å². The van der Waals surface area contributed by atoms with Gasteiger partial charge in [-0.1, -0.05) is 19.1 Å². The summed E-state index contributed by atoms with van der Waals surface area (Å²) in [5.41, 5.74) is 1.63. The standard InChI is InChI=1S/C16H19NO4S/c1-4-14(17-16(18)15-11(2)9-10-21-15)12-5-7-13(8-6-12)22(3,19)20/h5-10,14H,4H2,1-3H3,(H,17,18)/t14-/m1/s1. The Labute approximate surface area is 130 Å². The quantitative estimate of drug-likeness (QED) is 0.918. The third-order valence-electron chi connectivity index (χ3n) is 3.49. The van der Waals surface area contributed by atoms with E-state index in [-0.39, 0.29) is 16.8 Å². The Bertz CT molecular complexity index is 760. The number of benzene rings is 1. The first-order chi connectivity index (χ1) is 10.3. The molecule has 0 saturated carbocycles. The summed E-state index contributed by atoms with van der Waals surface area (Å²) in [6.45, 7) is 3.75. The highest BCUT2D eigenvalue weighted by atomic mass is 32.2. The van der Waals surface area contributed by atoms with Crippen LogP contribution in [0.1, 0.15) is 41.1 Å². The first kappa shape index (κ1) is 16.3. The number of sulfone groups is 1. The highest BCUT2D eigenvalue weighted by Crippen LogP contribution is 2.20. The topological polar surface area (TPSA) is 76.4 Å². The predicted octanol–water partition coefficient (Wildman–Crippen LogP) is 2.87. The zero-order valence-electron chi connectivity index (χ0n) is 12.8. The SMILES string of the molecule is CC[C@@H](NC(=O)c1occc1C)c1ccc(S(C)(=O)=O)cc1. The molecule has 0 saturated heterocycles. The number of hydrogen-bond acceptors (Lipinski definition) is 4. The van der Waals surface area contributed by atoms with Crippen molar-refractivity contribution >= 4 is 15.7 Å². The normalized spacial score (nSPS) is 12.9. The molecule has 1 aromatic carbocycles. The Morgan fingerprint density at radius 2 is 1.86 bits per heavy atom. The van der Waals surface area contributed by atoms with Crippen molar-refractivity contribution in [2.24, 2.45) is 0 Å². The average Bonchev–Trinajstić information content (AvgIpc) is 2.90. The fraction of sp³-hybridized carbons (Fsp3) is 0.312. The molecule has 6 heteroatoms. The van der Waals surface area contributed by atoms with Crippen LogP contribution in [0.3, 0.4) is 0 Å². The Balaban J connectivity index is 2.18. The molecule has 0 spiro atoms. The van der Waals surface area contributed by atoms with Crippen molar-refractivity contribution in [3.8, 4) is 0 Å². The number of aryl methyl sites for hydroxylation is 1. The Hall–Kier alpha value is -2.08. The van der Waals surface area contributed by atoms with Gasteiger partial charge in [-0.25, -0.2) is 8.42 Å². The van der Waals surface area contributed by atoms with Crippen LogP contribution in [0.4, 0.5) is 0 Å². The van der Waals surface area contributed by atoms with E-state index in [1.807, 2.05) is 6.92 Å². The molecule has 1 atom stereocenters. The molecule has 1 aromatic heterocycles. The van der Waals surface area contributed by atoms with Gasteiger partial charge < -0.3 is 9.73 Å². The van der Waals surface area contributed by atoms with Crippen molar-refractivity contribution in [3.63, 3.8) is 0 Å². The molecule has 0 radical (unpaired) electrons. The van der Waals surface area contributed by atoms with Crippen molar-refractivity contribution in [1.82, 2.24) is 5.32 Å². The minimum atomic E-state index is -3.22. The molecule has 0 bridgehead atoms. The van der Waals surface area contributed by atoms with Gasteiger partial charge in [0.05, 0.1) is 17.2 Å². The summed E-state index contributed by atoms with van der Waals surface area (Å²) in [5.74, 6) is 0.0211. The molecule has 2 aromatic rings. The number of amides is 1. The van der Waals surface area contributed by atoms with E-state index in [1.165, 1.54) is 12.5 Å². The summed E-state index contributed by atoms with van der Waals surface area (Å²) in [6.07, 6.45) is 3.33. The summed E-state index contributed by atoms with van der Waals surface area (Å²) in [4.78, 5) is 12.5. The smallest absolute Gasteiger partial charge is 0.287 e. The van der Waals surface area contributed by atoms with Gasteiger partial charge in [0.2, 0.25) is 0 Å². The number of carbonyl (C=O) groups excluding carboxylic acids is 1. The lowest BCUT2D eigenvalue weighted by molar-refractivity contribution is 0.0906. The Morgan fingerprint density at radius 3 is 2.32 bits per heavy atom. The molecular formula is C16H19NO4S. The average molecular weight is 321 g/mol. The fourth-order valence-electron chi connectivity index (χ4n) is 2.20. The third-order valence-corrected chi connectivity index (χ3v) is 4.62. The van der Waals surface area contributed by atoms with Crippen molar-refractivity contribution in [3.05, 3.63) is 53.5 Å². The maximum Gasteiger partial charge on any atom is 0.287 e. The second-order valence-corrected chi connectivity index (χ2v) is 7.22. The number of hydrogen-bond donors (Lipinski definition) is 1. The van der Waals surface area contributed by atoms with E-state index in [2.05, 4.69) is 5.32 Å². The highest BCUT2D eigenvalue weighted by molar-refractivity contribution is 7.90. The van der Waals surface area contributed by atoms with Gasteiger partial charge in [-0.05, 0) is 37.1 Å². The summed E-state index contributed by atoms with van der Waals surface area (Å²) in [7, 11) is -3.22. The Kier molecular flexibility index (Phi) is 4.71. The van der Waals surface area contributed by atoms with Gasteiger partial charge in [-0.2, -0.15) is 0 Å². The van der Waals surface area contributed by atoms with Crippen molar-refractivity contribution < 1.29 is 17.6 Å². The van der Waals surface area contributed by atoms with Gasteiger partial charge in [0.25, 0.3) is 5.91 Å². The highest BCUT2D eigenvalue weighted by Gasteiger charge is 2.18. The minimum absolute atomic E-state index is 0.203. The molecule has 5 nitrogen and oxygen atoms in total. The lowest BCUT2D eigenvalue weighted by Gasteiger charge is -2.17. The lowest BCUT2D eigenvalue weighted by Crippen LogP contribution is -2.28. The minimum Gasteiger partial charge on any atom is -0.459 e. The first-order valence-corrected chi connectivity index (χ1v) is 8.87. The molecular weight excluding hydrogens is 302 g/mol. The van der Waals surface area contributed by atoms with E-state index in [4.69, 9.17) is 4.42 Å². The van der Waals surface area contributed by atoms with E-state index in [0.717, 1.165) is 11.1 Å². The third kappa shape index (κ3) is 3.57. The number of nitrogens with one attached hydrogen (secondary N) is 1. The van der Waals surface area contributed by atoms with Crippen LogP contribution in [0.15, 0.2) is 45.9 Å². The molecule has 22 heavy (non-hydrogen) atoms. The van der Waals surface area contributed by atoms with Gasteiger partial charge in [0.15, 0.2) is 15.6 Å². The molecule has 2 rings (SSSR count). The van der Waals surface area contributed by atoms with E-state index in [9.17, 15) is 13.2 Å². The Morgan fingerprint density at radius 1 is 1.23 bits per heavy atom. The van der Waals surface area contributed by atoms with Gasteiger partial charge in [0.1, 0.15) is 0 Å². The monoisotopic (exact) mass is 321 g/mol. The van der Waals surface area contributed by atoms with Crippen LogP contribution in [0.5, 0.6) is 0 Å². The molecule has 0 aliphatic carbocycles. The number of carbonyl (C=O) groups is 1. The van der Waals surface area contributed by atoms with Crippen molar-refractivity contribution in [2.75, 3.05) is 6.26 Å². The molecule has 0 aliphatic rings. The summed E-state index contributed by atoms with van der Waals surface area (Å²) < 4.78 is 28.1. The van der Waals surface area contributed by atoms with Crippen LogP contribution in [-0.4, -0.2) is 20.6 Å². The molecule has 118 valence electrons. The summed E-state index contributed by atoms with van der Waals surface area (Å²) in [6, 6.07) is 8.08. The number of rotatable bonds is 5. The molecule has 1 amide bonds. The molecule has 1 N–H and O–H groups in total. The van der Waals surface area contributed by atoms with Gasteiger partial charge in [-0.3, -0.25) is 4.79 Å². The predicted molar refractivity (Wildman–Crippen MR) is 83.5 cm³/mol. The van der Waals surface area contributed by atoms with Gasteiger partial charge in [-0.15, -0.1) is 0 Å². The van der Waals surface area contributed by atoms with E-state index in [1.54, 1.807) is 37.3 Å². The summed E-state index contributed by atoms with van der Waals surface area (Å²) >= 11 is 0. The van der Waals surface area contributed by atoms with Crippen LogP contribution in [0, 0.1) is 6.92 Å². The van der Waals surface area contributed by atoms with Gasteiger partial charge >= 0.3 is 0 Å². The van der Waals surface area contributed by atoms with E-state index in [0.29, 0.717) is 12.2 Å². The maximum atomic E-state index is 12.2. The van der Waals surface area contributed by atoms with Crippen LogP contribution in [0.25, 0.3) is 0 Å². The molecule has 1 heterocycles. The summed E-state index contributed by atoms with van der Waals surface area (Å²) in [5, 5.41) is 2.90. The van der Waals surface area contributed by atoms with Crippen LogP contribution < -0.4 is 5.32 Å². The molecule has 0 aliphatic heterocycles. The zero-order chi connectivity index (χ0) is 16.3. The fourth-order valence-corrected chi connectivity index (χ4v) is 2.83.